The summed E-state index contributed by atoms with van der Waals surface area (Å²) in [5.74, 6) is 0.481. The number of aliphatic hydroxyl groups is 1. The Kier molecular flexibility index (Phi) is 4.33. The second-order valence-electron chi connectivity index (χ2n) is 4.67. The van der Waals surface area contributed by atoms with Crippen molar-refractivity contribution in [2.24, 2.45) is 7.05 Å². The molecule has 8 heteroatoms. The van der Waals surface area contributed by atoms with E-state index in [1.807, 2.05) is 4.90 Å². The van der Waals surface area contributed by atoms with Crippen molar-refractivity contribution in [3.8, 4) is 0 Å². The average Bonchev–Trinajstić information content (AvgIpc) is 2.61. The van der Waals surface area contributed by atoms with Crippen LogP contribution in [0.2, 0.25) is 0 Å². The van der Waals surface area contributed by atoms with Crippen molar-refractivity contribution in [1.82, 2.24) is 14.5 Å². The molecule has 0 saturated carbocycles. The van der Waals surface area contributed by atoms with E-state index in [1.165, 1.54) is 6.33 Å². The van der Waals surface area contributed by atoms with Gasteiger partial charge >= 0.3 is 5.82 Å². The lowest BCUT2D eigenvalue weighted by molar-refractivity contribution is -0.388. The summed E-state index contributed by atoms with van der Waals surface area (Å²) >= 11 is 0. The van der Waals surface area contributed by atoms with E-state index in [-0.39, 0.29) is 12.4 Å². The second kappa shape index (κ2) is 5.98. The largest absolute Gasteiger partial charge is 0.406 e. The van der Waals surface area contributed by atoms with Crippen LogP contribution in [0.25, 0.3) is 0 Å². The van der Waals surface area contributed by atoms with Crippen LogP contribution in [0, 0.1) is 10.1 Å². The molecule has 1 N–H and O–H groups in total. The molecule has 0 amide bonds. The van der Waals surface area contributed by atoms with Crippen LogP contribution >= 0.6 is 0 Å². The molecule has 1 aromatic heterocycles. The SMILES string of the molecule is Cn1cnc([N+](=O)[O-])c1N1CCCN(CCO)CC1. The molecule has 2 heterocycles. The summed E-state index contributed by atoms with van der Waals surface area (Å²) in [6.45, 7) is 3.97. The Morgan fingerprint density at radius 3 is 2.89 bits per heavy atom. The van der Waals surface area contributed by atoms with Gasteiger partial charge < -0.3 is 20.1 Å². The summed E-state index contributed by atoms with van der Waals surface area (Å²) in [5, 5.41) is 20.0. The Hall–Kier alpha value is -1.67. The van der Waals surface area contributed by atoms with Crippen LogP contribution in [0.5, 0.6) is 0 Å². The monoisotopic (exact) mass is 269 g/mol. The first-order valence-electron chi connectivity index (χ1n) is 6.37. The van der Waals surface area contributed by atoms with E-state index in [1.54, 1.807) is 11.6 Å². The van der Waals surface area contributed by atoms with Gasteiger partial charge in [0.1, 0.15) is 0 Å². The van der Waals surface area contributed by atoms with Gasteiger partial charge in [0.2, 0.25) is 12.1 Å². The number of hydrogen-bond donors (Lipinski definition) is 1. The molecule has 2 rings (SSSR count). The first kappa shape index (κ1) is 13.8. The predicted octanol–water partition coefficient (Wildman–Crippen LogP) is -0.167. The zero-order valence-corrected chi connectivity index (χ0v) is 11.0. The van der Waals surface area contributed by atoms with Crippen LogP contribution < -0.4 is 4.90 Å². The number of aromatic nitrogens is 2. The molecule has 1 aliphatic heterocycles. The Balaban J connectivity index is 2.14. The van der Waals surface area contributed by atoms with Crippen LogP contribution in [-0.4, -0.2) is 63.8 Å². The number of aryl methyl sites for hydroxylation is 1. The van der Waals surface area contributed by atoms with E-state index < -0.39 is 4.92 Å². The maximum atomic E-state index is 11.0. The molecular formula is C11H19N5O3. The zero-order valence-electron chi connectivity index (χ0n) is 11.0. The molecule has 8 nitrogen and oxygen atoms in total. The maximum Gasteiger partial charge on any atom is 0.406 e. The van der Waals surface area contributed by atoms with Gasteiger partial charge in [-0.2, -0.15) is 0 Å². The van der Waals surface area contributed by atoms with Crippen molar-refractivity contribution in [3.05, 3.63) is 16.4 Å². The quantitative estimate of drug-likeness (QED) is 0.603. The smallest absolute Gasteiger partial charge is 0.395 e. The molecule has 1 aromatic rings. The third kappa shape index (κ3) is 3.02. The maximum absolute atomic E-state index is 11.0. The summed E-state index contributed by atoms with van der Waals surface area (Å²) in [6.07, 6.45) is 2.40. The molecule has 0 unspecified atom stereocenters. The van der Waals surface area contributed by atoms with Crippen LogP contribution in [0.4, 0.5) is 11.6 Å². The fraction of sp³-hybridized carbons (Fsp3) is 0.727. The number of rotatable bonds is 4. The lowest BCUT2D eigenvalue weighted by Gasteiger charge is -2.22. The molecule has 0 radical (unpaired) electrons. The number of imidazole rings is 1. The molecule has 1 aliphatic rings. The molecule has 0 aromatic carbocycles. The Morgan fingerprint density at radius 2 is 2.21 bits per heavy atom. The van der Waals surface area contributed by atoms with Gasteiger partial charge in [0.05, 0.1) is 6.61 Å². The van der Waals surface area contributed by atoms with Gasteiger partial charge in [-0.1, -0.05) is 0 Å². The van der Waals surface area contributed by atoms with Crippen LogP contribution in [0.1, 0.15) is 6.42 Å². The van der Waals surface area contributed by atoms with Gasteiger partial charge in [0, 0.05) is 33.2 Å². The molecular weight excluding hydrogens is 250 g/mol. The molecule has 106 valence electrons. The summed E-state index contributed by atoms with van der Waals surface area (Å²) in [6, 6.07) is 0. The number of nitro groups is 1. The van der Waals surface area contributed by atoms with Crippen LogP contribution in [0.15, 0.2) is 6.33 Å². The summed E-state index contributed by atoms with van der Waals surface area (Å²) in [7, 11) is 1.77. The highest BCUT2D eigenvalue weighted by Crippen LogP contribution is 2.26. The Morgan fingerprint density at radius 1 is 1.42 bits per heavy atom. The first-order chi connectivity index (χ1) is 9.13. The lowest BCUT2D eigenvalue weighted by Crippen LogP contribution is -2.33. The number of nitrogens with zero attached hydrogens (tertiary/aromatic N) is 5. The van der Waals surface area contributed by atoms with E-state index in [0.717, 1.165) is 26.1 Å². The zero-order chi connectivity index (χ0) is 13.8. The molecule has 0 aliphatic carbocycles. The van der Waals surface area contributed by atoms with Crippen molar-refractivity contribution in [3.63, 3.8) is 0 Å². The molecule has 0 spiro atoms. The highest BCUT2D eigenvalue weighted by molar-refractivity contribution is 5.54. The molecule has 19 heavy (non-hydrogen) atoms. The molecule has 0 bridgehead atoms. The Labute approximate surface area is 111 Å². The fourth-order valence-electron chi connectivity index (χ4n) is 2.45. The van der Waals surface area contributed by atoms with Gasteiger partial charge in [0.25, 0.3) is 0 Å². The minimum Gasteiger partial charge on any atom is -0.395 e. The summed E-state index contributed by atoms with van der Waals surface area (Å²) in [4.78, 5) is 18.6. The highest BCUT2D eigenvalue weighted by Gasteiger charge is 2.26. The van der Waals surface area contributed by atoms with Gasteiger partial charge in [-0.3, -0.25) is 9.47 Å². The second-order valence-corrected chi connectivity index (χ2v) is 4.67. The van der Waals surface area contributed by atoms with Crippen molar-refractivity contribution in [2.45, 2.75) is 6.42 Å². The Bertz CT molecular complexity index is 448. The molecule has 0 atom stereocenters. The van der Waals surface area contributed by atoms with Crippen molar-refractivity contribution < 1.29 is 10.0 Å². The van der Waals surface area contributed by atoms with E-state index in [0.29, 0.717) is 18.9 Å². The molecule has 1 saturated heterocycles. The third-order valence-corrected chi connectivity index (χ3v) is 3.36. The topological polar surface area (TPSA) is 87.7 Å². The number of anilines is 1. The van der Waals surface area contributed by atoms with Crippen LogP contribution in [0.3, 0.4) is 0 Å². The predicted molar refractivity (Wildman–Crippen MR) is 70.2 cm³/mol. The van der Waals surface area contributed by atoms with Gasteiger partial charge in [0.15, 0.2) is 0 Å². The summed E-state index contributed by atoms with van der Waals surface area (Å²) < 4.78 is 1.69. The number of β-amino-alcohol motifs (C(OH)–C–C–N with tert-alkyl or cyclic N) is 1. The van der Waals surface area contributed by atoms with Crippen molar-refractivity contribution in [1.29, 1.82) is 0 Å². The van der Waals surface area contributed by atoms with E-state index >= 15 is 0 Å². The lowest BCUT2D eigenvalue weighted by atomic mass is 10.4. The number of hydrogen-bond acceptors (Lipinski definition) is 6. The van der Waals surface area contributed by atoms with Crippen LogP contribution in [-0.2, 0) is 7.05 Å². The van der Waals surface area contributed by atoms with Gasteiger partial charge in [-0.15, -0.1) is 0 Å². The molecule has 1 fully saturated rings. The summed E-state index contributed by atoms with van der Waals surface area (Å²) in [5.41, 5.74) is 0. The fourth-order valence-corrected chi connectivity index (χ4v) is 2.45. The van der Waals surface area contributed by atoms with E-state index in [2.05, 4.69) is 9.88 Å². The van der Waals surface area contributed by atoms with Gasteiger partial charge in [-0.05, 0) is 22.9 Å². The van der Waals surface area contributed by atoms with Crippen molar-refractivity contribution in [2.75, 3.05) is 44.2 Å². The number of aliphatic hydroxyl groups excluding tert-OH is 1. The normalized spacial score (nSPS) is 17.5. The third-order valence-electron chi connectivity index (χ3n) is 3.36. The van der Waals surface area contributed by atoms with E-state index in [9.17, 15) is 10.1 Å². The highest BCUT2D eigenvalue weighted by atomic mass is 16.6. The van der Waals surface area contributed by atoms with Crippen molar-refractivity contribution >= 4 is 11.6 Å². The average molecular weight is 269 g/mol. The standard InChI is InChI=1S/C11H19N5O3/c1-13-9-12-10(16(18)19)11(13)15-4-2-3-14(5-6-15)7-8-17/h9,17H,2-8H2,1H3. The van der Waals surface area contributed by atoms with Gasteiger partial charge in [-0.25, -0.2) is 0 Å². The van der Waals surface area contributed by atoms with E-state index in [4.69, 9.17) is 5.11 Å². The minimum atomic E-state index is -0.439. The minimum absolute atomic E-state index is 0.0851. The first-order valence-corrected chi connectivity index (χ1v) is 6.37.